The Morgan fingerprint density at radius 2 is 2.00 bits per heavy atom. The first-order valence-corrected chi connectivity index (χ1v) is 12.2. The number of carbonyl (C=O) groups is 1. The van der Waals surface area contributed by atoms with Crippen molar-refractivity contribution in [3.8, 4) is 34.5 Å². The summed E-state index contributed by atoms with van der Waals surface area (Å²) in [4.78, 5) is 28.7. The molecular formula is C25H19N5O7S. The fraction of sp³-hybridized carbons (Fsp3) is 0.200. The summed E-state index contributed by atoms with van der Waals surface area (Å²) in [5.74, 6) is -1.07. The van der Waals surface area contributed by atoms with Gasteiger partial charge in [-0.1, -0.05) is 28.6 Å². The minimum Gasteiger partial charge on any atom is -0.477 e. The summed E-state index contributed by atoms with van der Waals surface area (Å²) < 4.78 is 16.5. The average molecular weight is 534 g/mol. The number of carboxylic acids is 1. The Morgan fingerprint density at radius 3 is 2.63 bits per heavy atom. The molecule has 0 atom stereocenters. The second-order valence-corrected chi connectivity index (χ2v) is 9.19. The van der Waals surface area contributed by atoms with E-state index in [0.717, 1.165) is 30.4 Å². The largest absolute Gasteiger partial charge is 0.477 e. The Bertz CT molecular complexity index is 1520. The first-order valence-electron chi connectivity index (χ1n) is 11.4. The number of aromatic nitrogens is 2. The molecule has 1 aliphatic rings. The molecule has 0 unspecified atom stereocenters. The molecule has 4 aromatic rings. The molecule has 13 heteroatoms. The van der Waals surface area contributed by atoms with E-state index in [4.69, 9.17) is 14.0 Å². The van der Waals surface area contributed by atoms with Gasteiger partial charge in [-0.05, 0) is 18.2 Å². The highest BCUT2D eigenvalue weighted by Crippen LogP contribution is 2.35. The van der Waals surface area contributed by atoms with Gasteiger partial charge < -0.3 is 24.0 Å². The maximum Gasteiger partial charge on any atom is 0.346 e. The van der Waals surface area contributed by atoms with E-state index in [1.54, 1.807) is 12.1 Å². The van der Waals surface area contributed by atoms with Crippen molar-refractivity contribution in [2.24, 2.45) is 0 Å². The zero-order valence-corrected chi connectivity index (χ0v) is 20.5. The zero-order chi connectivity index (χ0) is 26.6. The highest BCUT2D eigenvalue weighted by atomic mass is 32.1. The molecule has 192 valence electrons. The van der Waals surface area contributed by atoms with Crippen LogP contribution in [0.25, 0.3) is 22.6 Å². The van der Waals surface area contributed by atoms with Crippen LogP contribution in [0.5, 0.6) is 5.88 Å². The second kappa shape index (κ2) is 10.7. The molecule has 3 aromatic heterocycles. The minimum atomic E-state index is -1.31. The molecule has 1 aromatic carbocycles. The minimum absolute atomic E-state index is 0.0528. The summed E-state index contributed by atoms with van der Waals surface area (Å²) in [5, 5.41) is 34.0. The van der Waals surface area contributed by atoms with Gasteiger partial charge >= 0.3 is 11.0 Å². The lowest BCUT2D eigenvalue weighted by atomic mass is 10.0. The summed E-state index contributed by atoms with van der Waals surface area (Å²) in [7, 11) is 0. The highest BCUT2D eigenvalue weighted by molar-refractivity contribution is 7.17. The molecule has 5 rings (SSSR count). The summed E-state index contributed by atoms with van der Waals surface area (Å²) in [5.41, 5.74) is 2.80. The van der Waals surface area contributed by atoms with Gasteiger partial charge in [0.25, 0.3) is 0 Å². The van der Waals surface area contributed by atoms with Crippen LogP contribution in [0.15, 0.2) is 53.2 Å². The molecule has 38 heavy (non-hydrogen) atoms. The number of rotatable bonds is 8. The van der Waals surface area contributed by atoms with Crippen molar-refractivity contribution in [1.82, 2.24) is 10.1 Å². The average Bonchev–Trinajstić information content (AvgIpc) is 3.63. The van der Waals surface area contributed by atoms with Crippen molar-refractivity contribution in [3.63, 3.8) is 0 Å². The van der Waals surface area contributed by atoms with Crippen LogP contribution in [0.2, 0.25) is 0 Å². The third-order valence-corrected chi connectivity index (χ3v) is 6.99. The molecular weight excluding hydrogens is 514 g/mol. The molecule has 1 fully saturated rings. The van der Waals surface area contributed by atoms with Gasteiger partial charge in [0.15, 0.2) is 5.76 Å². The third-order valence-electron chi connectivity index (χ3n) is 5.88. The highest BCUT2D eigenvalue weighted by Gasteiger charge is 2.24. The van der Waals surface area contributed by atoms with Crippen LogP contribution in [-0.4, -0.2) is 52.4 Å². The number of aromatic carboxylic acids is 1. The van der Waals surface area contributed by atoms with Gasteiger partial charge in [0.1, 0.15) is 23.1 Å². The van der Waals surface area contributed by atoms with E-state index in [-0.39, 0.29) is 33.5 Å². The zero-order valence-electron chi connectivity index (χ0n) is 19.7. The summed E-state index contributed by atoms with van der Waals surface area (Å²) in [6, 6.07) is 14.2. The van der Waals surface area contributed by atoms with Crippen LogP contribution < -0.4 is 9.64 Å². The standard InChI is InChI=1S/C25H19N5O7S/c26-13-19-18(21-5-6-27-37-21)12-20(15-1-3-17(4-2-15)29-7-9-35-10-8-29)28-24(19)36-14-16-11-22(30(33)34)38-23(16)25(31)32/h1-6,11-12H,7-10,14H2,(H,31,32). The Kier molecular flexibility index (Phi) is 6.98. The lowest BCUT2D eigenvalue weighted by Gasteiger charge is -2.28. The van der Waals surface area contributed by atoms with Crippen molar-refractivity contribution in [2.45, 2.75) is 6.61 Å². The van der Waals surface area contributed by atoms with E-state index < -0.39 is 10.9 Å². The van der Waals surface area contributed by atoms with Gasteiger partial charge in [0.05, 0.1) is 30.0 Å². The fourth-order valence-electron chi connectivity index (χ4n) is 4.03. The first kappa shape index (κ1) is 24.9. The van der Waals surface area contributed by atoms with Crippen molar-refractivity contribution in [3.05, 3.63) is 74.8 Å². The normalized spacial score (nSPS) is 13.2. The van der Waals surface area contributed by atoms with Gasteiger partial charge in [0, 0.05) is 47.6 Å². The lowest BCUT2D eigenvalue weighted by molar-refractivity contribution is -0.380. The maximum absolute atomic E-state index is 11.6. The van der Waals surface area contributed by atoms with Crippen molar-refractivity contribution >= 4 is 28.0 Å². The van der Waals surface area contributed by atoms with Crippen LogP contribution in [0.3, 0.4) is 0 Å². The summed E-state index contributed by atoms with van der Waals surface area (Å²) >= 11 is 0.536. The number of thiophene rings is 1. The van der Waals surface area contributed by atoms with Gasteiger partial charge in [-0.25, -0.2) is 9.78 Å². The molecule has 12 nitrogen and oxygen atoms in total. The molecule has 0 aliphatic carbocycles. The number of anilines is 1. The van der Waals surface area contributed by atoms with Gasteiger partial charge in [-0.3, -0.25) is 10.1 Å². The Hall–Kier alpha value is -4.80. The molecule has 0 radical (unpaired) electrons. The van der Waals surface area contributed by atoms with Crippen LogP contribution in [-0.2, 0) is 11.3 Å². The summed E-state index contributed by atoms with van der Waals surface area (Å²) in [6.07, 6.45) is 1.44. The van der Waals surface area contributed by atoms with E-state index in [1.807, 2.05) is 24.3 Å². The van der Waals surface area contributed by atoms with Gasteiger partial charge in [0.2, 0.25) is 5.88 Å². The van der Waals surface area contributed by atoms with Crippen molar-refractivity contribution in [1.29, 1.82) is 5.26 Å². The molecule has 1 N–H and O–H groups in total. The Balaban J connectivity index is 1.52. The molecule has 4 heterocycles. The quantitative estimate of drug-likeness (QED) is 0.253. The fourth-order valence-corrected chi connectivity index (χ4v) is 4.86. The Labute approximate surface area is 219 Å². The van der Waals surface area contributed by atoms with Crippen LogP contribution in [0, 0.1) is 21.4 Å². The smallest absolute Gasteiger partial charge is 0.346 e. The first-order chi connectivity index (χ1) is 18.4. The van der Waals surface area contributed by atoms with Gasteiger partial charge in [-0.15, -0.1) is 0 Å². The van der Waals surface area contributed by atoms with E-state index >= 15 is 0 Å². The number of hydrogen-bond donors (Lipinski definition) is 1. The molecule has 0 spiro atoms. The predicted molar refractivity (Wildman–Crippen MR) is 135 cm³/mol. The number of carboxylic acid groups (broad SMARTS) is 1. The van der Waals surface area contributed by atoms with Crippen molar-refractivity contribution < 1.29 is 28.8 Å². The predicted octanol–water partition coefficient (Wildman–Crippen LogP) is 4.36. The van der Waals surface area contributed by atoms with Crippen LogP contribution >= 0.6 is 11.3 Å². The molecule has 1 saturated heterocycles. The second-order valence-electron chi connectivity index (χ2n) is 8.16. The molecule has 0 saturated carbocycles. The van der Waals surface area contributed by atoms with Gasteiger partial charge in [-0.2, -0.15) is 5.26 Å². The third kappa shape index (κ3) is 5.03. The number of nitro groups is 1. The van der Waals surface area contributed by atoms with Crippen LogP contribution in [0.4, 0.5) is 10.7 Å². The number of nitrogens with zero attached hydrogens (tertiary/aromatic N) is 5. The number of pyridine rings is 1. The summed E-state index contributed by atoms with van der Waals surface area (Å²) in [6.45, 7) is 2.57. The number of benzene rings is 1. The van der Waals surface area contributed by atoms with Crippen molar-refractivity contribution in [2.75, 3.05) is 31.2 Å². The van der Waals surface area contributed by atoms with E-state index in [9.17, 15) is 25.3 Å². The van der Waals surface area contributed by atoms with Crippen LogP contribution in [0.1, 0.15) is 20.8 Å². The number of morpholine rings is 1. The monoisotopic (exact) mass is 533 g/mol. The SMILES string of the molecule is N#Cc1c(-c2ccno2)cc(-c2ccc(N3CCOCC3)cc2)nc1OCc1cc([N+](=O)[O-])sc1C(=O)O. The maximum atomic E-state index is 11.6. The number of nitriles is 1. The molecule has 0 amide bonds. The lowest BCUT2D eigenvalue weighted by Crippen LogP contribution is -2.36. The Morgan fingerprint density at radius 1 is 1.24 bits per heavy atom. The topological polar surface area (TPSA) is 165 Å². The van der Waals surface area contributed by atoms with E-state index in [1.165, 1.54) is 6.20 Å². The number of ether oxygens (including phenoxy) is 2. The number of hydrogen-bond acceptors (Lipinski definition) is 11. The van der Waals surface area contributed by atoms with E-state index in [0.29, 0.717) is 41.6 Å². The molecule has 0 bridgehead atoms. The molecule has 1 aliphatic heterocycles. The van der Waals surface area contributed by atoms with E-state index in [2.05, 4.69) is 21.1 Å².